The molecule has 2 rings (SSSR count). The van der Waals surface area contributed by atoms with E-state index in [1.54, 1.807) is 0 Å². The maximum absolute atomic E-state index is 12.4. The number of hydrogen-bond donors (Lipinski definition) is 0. The van der Waals surface area contributed by atoms with Crippen molar-refractivity contribution in [3.05, 3.63) is 41.0 Å². The molecule has 0 aliphatic carbocycles. The Morgan fingerprint density at radius 2 is 2.06 bits per heavy atom. The second-order valence-corrected chi connectivity index (χ2v) is 3.68. The molecule has 0 bridgehead atoms. The number of rotatable bonds is 1. The highest BCUT2D eigenvalue weighted by Gasteiger charge is 2.30. The fraction of sp³-hybridized carbons (Fsp3) is 0.250. The molecular weight excluding hydrogens is 233 g/mol. The van der Waals surface area contributed by atoms with Crippen molar-refractivity contribution in [2.45, 2.75) is 12.6 Å². The fourth-order valence-corrected chi connectivity index (χ4v) is 1.59. The molecule has 0 saturated carbocycles. The van der Waals surface area contributed by atoms with Crippen molar-refractivity contribution < 1.29 is 22.7 Å². The van der Waals surface area contributed by atoms with Crippen molar-refractivity contribution >= 4 is 12.0 Å². The summed E-state index contributed by atoms with van der Waals surface area (Å²) in [6.07, 6.45) is -2.50. The molecule has 1 heterocycles. The van der Waals surface area contributed by atoms with Crippen LogP contribution in [0.2, 0.25) is 0 Å². The van der Waals surface area contributed by atoms with Crippen LogP contribution in [-0.2, 0) is 15.7 Å². The highest BCUT2D eigenvalue weighted by atomic mass is 19.4. The minimum Gasteiger partial charge on any atom is -0.462 e. The fourth-order valence-electron chi connectivity index (χ4n) is 1.59. The monoisotopic (exact) mass is 242 g/mol. The third-order valence-corrected chi connectivity index (χ3v) is 2.42. The van der Waals surface area contributed by atoms with Gasteiger partial charge in [0.15, 0.2) is 0 Å². The zero-order chi connectivity index (χ0) is 12.5. The number of cyclic esters (lactones) is 1. The standard InChI is InChI=1S/C12H9F3O2/c13-12(14,15)10-3-1-2-8(7-10)6-9-4-5-17-11(9)16/h1-3,6-7H,4-5H2/b9-6-. The van der Waals surface area contributed by atoms with Crippen LogP contribution < -0.4 is 0 Å². The number of ether oxygens (including phenoxy) is 1. The number of carbonyl (C=O) groups is 1. The van der Waals surface area contributed by atoms with E-state index in [9.17, 15) is 18.0 Å². The van der Waals surface area contributed by atoms with Crippen LogP contribution in [0.4, 0.5) is 13.2 Å². The van der Waals surface area contributed by atoms with Crippen molar-refractivity contribution in [2.24, 2.45) is 0 Å². The van der Waals surface area contributed by atoms with Gasteiger partial charge in [-0.2, -0.15) is 13.2 Å². The normalized spacial score (nSPS) is 18.5. The Morgan fingerprint density at radius 3 is 2.65 bits per heavy atom. The van der Waals surface area contributed by atoms with Crippen LogP contribution in [0.15, 0.2) is 29.8 Å². The van der Waals surface area contributed by atoms with E-state index in [4.69, 9.17) is 4.74 Å². The summed E-state index contributed by atoms with van der Waals surface area (Å²) in [7, 11) is 0. The summed E-state index contributed by atoms with van der Waals surface area (Å²) in [4.78, 5) is 11.1. The zero-order valence-electron chi connectivity index (χ0n) is 8.75. The quantitative estimate of drug-likeness (QED) is 0.559. The number of benzene rings is 1. The molecule has 0 amide bonds. The van der Waals surface area contributed by atoms with Gasteiger partial charge in [-0.05, 0) is 23.8 Å². The molecule has 1 aliphatic rings. The SMILES string of the molecule is O=C1OCC/C1=C/c1cccc(C(F)(F)F)c1. The molecule has 2 nitrogen and oxygen atoms in total. The molecule has 90 valence electrons. The van der Waals surface area contributed by atoms with Gasteiger partial charge in [-0.1, -0.05) is 12.1 Å². The van der Waals surface area contributed by atoms with Crippen LogP contribution in [0.25, 0.3) is 6.08 Å². The lowest BCUT2D eigenvalue weighted by Crippen LogP contribution is -2.04. The zero-order valence-corrected chi connectivity index (χ0v) is 8.75. The molecule has 0 unspecified atom stereocenters. The topological polar surface area (TPSA) is 26.3 Å². The summed E-state index contributed by atoms with van der Waals surface area (Å²) in [6, 6.07) is 4.84. The van der Waals surface area contributed by atoms with Crippen LogP contribution in [0.1, 0.15) is 17.5 Å². The Bertz CT molecular complexity index is 475. The summed E-state index contributed by atoms with van der Waals surface area (Å²) in [6.45, 7) is 0.295. The predicted molar refractivity (Wildman–Crippen MR) is 55.0 cm³/mol. The largest absolute Gasteiger partial charge is 0.462 e. The van der Waals surface area contributed by atoms with E-state index in [-0.39, 0.29) is 0 Å². The predicted octanol–water partition coefficient (Wildman–Crippen LogP) is 3.04. The molecule has 0 atom stereocenters. The van der Waals surface area contributed by atoms with Crippen molar-refractivity contribution in [3.63, 3.8) is 0 Å². The molecule has 0 aromatic heterocycles. The highest BCUT2D eigenvalue weighted by Crippen LogP contribution is 2.30. The summed E-state index contributed by atoms with van der Waals surface area (Å²) in [5.74, 6) is -0.456. The minimum absolute atomic E-state index is 0.295. The molecule has 17 heavy (non-hydrogen) atoms. The Hall–Kier alpha value is -1.78. The maximum Gasteiger partial charge on any atom is 0.416 e. The van der Waals surface area contributed by atoms with Gasteiger partial charge in [-0.25, -0.2) is 4.79 Å². The molecule has 0 radical (unpaired) electrons. The van der Waals surface area contributed by atoms with Gasteiger partial charge < -0.3 is 4.74 Å². The van der Waals surface area contributed by atoms with Gasteiger partial charge in [0.25, 0.3) is 0 Å². The lowest BCUT2D eigenvalue weighted by Gasteiger charge is -2.06. The number of carbonyl (C=O) groups excluding carboxylic acids is 1. The molecule has 1 saturated heterocycles. The summed E-state index contributed by atoms with van der Waals surface area (Å²) < 4.78 is 42.0. The third-order valence-electron chi connectivity index (χ3n) is 2.42. The van der Waals surface area contributed by atoms with Gasteiger partial charge in [-0.15, -0.1) is 0 Å². The van der Waals surface area contributed by atoms with Crippen molar-refractivity contribution in [2.75, 3.05) is 6.61 Å². The summed E-state index contributed by atoms with van der Waals surface area (Å²) >= 11 is 0. The van der Waals surface area contributed by atoms with Gasteiger partial charge in [0.05, 0.1) is 12.2 Å². The third kappa shape index (κ3) is 2.67. The first-order valence-corrected chi connectivity index (χ1v) is 5.02. The van der Waals surface area contributed by atoms with E-state index in [1.165, 1.54) is 18.2 Å². The molecule has 0 N–H and O–H groups in total. The number of esters is 1. The molecular formula is C12H9F3O2. The Balaban J connectivity index is 2.31. The summed E-state index contributed by atoms with van der Waals surface area (Å²) in [5.41, 5.74) is 0.0382. The number of alkyl halides is 3. The van der Waals surface area contributed by atoms with E-state index >= 15 is 0 Å². The minimum atomic E-state index is -4.37. The van der Waals surface area contributed by atoms with Crippen LogP contribution >= 0.6 is 0 Å². The molecule has 1 aliphatic heterocycles. The molecule has 0 spiro atoms. The molecule has 5 heteroatoms. The Morgan fingerprint density at radius 1 is 1.29 bits per heavy atom. The van der Waals surface area contributed by atoms with Crippen molar-refractivity contribution in [1.82, 2.24) is 0 Å². The smallest absolute Gasteiger partial charge is 0.416 e. The van der Waals surface area contributed by atoms with Crippen LogP contribution in [0, 0.1) is 0 Å². The second-order valence-electron chi connectivity index (χ2n) is 3.68. The van der Waals surface area contributed by atoms with E-state index in [1.807, 2.05) is 0 Å². The van der Waals surface area contributed by atoms with E-state index in [0.29, 0.717) is 24.2 Å². The van der Waals surface area contributed by atoms with E-state index in [0.717, 1.165) is 12.1 Å². The lowest BCUT2D eigenvalue weighted by atomic mass is 10.1. The summed E-state index contributed by atoms with van der Waals surface area (Å²) in [5, 5.41) is 0. The first-order chi connectivity index (χ1) is 7.97. The lowest BCUT2D eigenvalue weighted by molar-refractivity contribution is -0.137. The number of halogens is 3. The Kier molecular flexibility index (Phi) is 2.92. The van der Waals surface area contributed by atoms with E-state index < -0.39 is 17.7 Å². The van der Waals surface area contributed by atoms with Crippen molar-refractivity contribution in [3.8, 4) is 0 Å². The average Bonchev–Trinajstić information content (AvgIpc) is 2.64. The first-order valence-electron chi connectivity index (χ1n) is 5.02. The molecule has 1 aromatic carbocycles. The second kappa shape index (κ2) is 4.24. The highest BCUT2D eigenvalue weighted by molar-refractivity contribution is 5.95. The molecule has 1 aromatic rings. The van der Waals surface area contributed by atoms with Gasteiger partial charge in [0.2, 0.25) is 0 Å². The number of hydrogen-bond acceptors (Lipinski definition) is 2. The molecule has 1 fully saturated rings. The van der Waals surface area contributed by atoms with Gasteiger partial charge in [-0.3, -0.25) is 0 Å². The van der Waals surface area contributed by atoms with Gasteiger partial charge in [0, 0.05) is 12.0 Å². The Labute approximate surface area is 95.7 Å². The average molecular weight is 242 g/mol. The van der Waals surface area contributed by atoms with Crippen molar-refractivity contribution in [1.29, 1.82) is 0 Å². The van der Waals surface area contributed by atoms with Crippen LogP contribution in [0.3, 0.4) is 0 Å². The van der Waals surface area contributed by atoms with Gasteiger partial charge in [0.1, 0.15) is 0 Å². The maximum atomic E-state index is 12.4. The van der Waals surface area contributed by atoms with Crippen LogP contribution in [-0.4, -0.2) is 12.6 Å². The first kappa shape index (κ1) is 11.7. The van der Waals surface area contributed by atoms with Gasteiger partial charge >= 0.3 is 12.1 Å². The van der Waals surface area contributed by atoms with Crippen LogP contribution in [0.5, 0.6) is 0 Å². The van der Waals surface area contributed by atoms with E-state index in [2.05, 4.69) is 0 Å².